The monoisotopic (exact) mass is 474 g/mol. The van der Waals surface area contributed by atoms with E-state index in [1.807, 2.05) is 26.0 Å². The second-order valence-electron chi connectivity index (χ2n) is 8.95. The van der Waals surface area contributed by atoms with Crippen molar-refractivity contribution in [2.45, 2.75) is 50.0 Å². The van der Waals surface area contributed by atoms with Crippen LogP contribution in [0.2, 0.25) is 0 Å². The zero-order chi connectivity index (χ0) is 23.6. The molecule has 0 radical (unpaired) electrons. The number of ether oxygens (including phenoxy) is 3. The third-order valence-electron chi connectivity index (χ3n) is 5.79. The predicted molar refractivity (Wildman–Crippen MR) is 125 cm³/mol. The van der Waals surface area contributed by atoms with E-state index in [4.69, 9.17) is 14.2 Å². The fourth-order valence-electron chi connectivity index (χ4n) is 4.24. The first kappa shape index (κ1) is 23.4. The number of amides is 1. The zero-order valence-electron chi connectivity index (χ0n) is 19.2. The average molecular weight is 475 g/mol. The first-order valence-electron chi connectivity index (χ1n) is 11.1. The van der Waals surface area contributed by atoms with Gasteiger partial charge < -0.3 is 19.5 Å². The average Bonchev–Trinajstić information content (AvgIpc) is 3.12. The molecular formula is C24H30N2O6S. The van der Waals surface area contributed by atoms with Crippen molar-refractivity contribution >= 4 is 21.6 Å². The standard InChI is InChI=1S/C24H30N2O6S/c1-24(2)15-17-8-7-9-20(23(17)32-24)31-16-22(27)25-18-10-11-19(30-3)21(14-18)33(28,29)26-12-5-4-6-13-26/h7-11,14H,4-6,12-13,15-16H2,1-3H3,(H,25,27). The Morgan fingerprint density at radius 3 is 2.61 bits per heavy atom. The highest BCUT2D eigenvalue weighted by molar-refractivity contribution is 7.89. The summed E-state index contributed by atoms with van der Waals surface area (Å²) in [7, 11) is -2.30. The first-order valence-corrected chi connectivity index (χ1v) is 12.6. The number of benzene rings is 2. The van der Waals surface area contributed by atoms with Gasteiger partial charge in [0.25, 0.3) is 5.91 Å². The van der Waals surface area contributed by atoms with Gasteiger partial charge in [-0.2, -0.15) is 4.31 Å². The number of carbonyl (C=O) groups excluding carboxylic acids is 1. The van der Waals surface area contributed by atoms with Crippen molar-refractivity contribution in [3.8, 4) is 17.2 Å². The van der Waals surface area contributed by atoms with Crippen LogP contribution in [-0.2, 0) is 21.2 Å². The van der Waals surface area contributed by atoms with E-state index in [1.54, 1.807) is 18.2 Å². The second kappa shape index (κ2) is 9.23. The molecule has 0 saturated carbocycles. The molecule has 0 atom stereocenters. The minimum atomic E-state index is -3.73. The summed E-state index contributed by atoms with van der Waals surface area (Å²) < 4.78 is 44.8. The van der Waals surface area contributed by atoms with Crippen LogP contribution in [-0.4, -0.2) is 51.0 Å². The Morgan fingerprint density at radius 2 is 1.88 bits per heavy atom. The molecule has 0 bridgehead atoms. The van der Waals surface area contributed by atoms with Gasteiger partial charge >= 0.3 is 0 Å². The lowest BCUT2D eigenvalue weighted by Gasteiger charge is -2.26. The number of hydrogen-bond acceptors (Lipinski definition) is 6. The molecule has 33 heavy (non-hydrogen) atoms. The third-order valence-corrected chi connectivity index (χ3v) is 7.71. The molecule has 0 unspecified atom stereocenters. The van der Waals surface area contributed by atoms with Crippen LogP contribution in [0, 0.1) is 0 Å². The lowest BCUT2D eigenvalue weighted by atomic mass is 10.0. The van der Waals surface area contributed by atoms with Gasteiger partial charge in [0.1, 0.15) is 16.2 Å². The Labute approximate surface area is 194 Å². The van der Waals surface area contributed by atoms with Gasteiger partial charge in [-0.25, -0.2) is 8.42 Å². The van der Waals surface area contributed by atoms with Crippen LogP contribution in [0.4, 0.5) is 5.69 Å². The Kier molecular flexibility index (Phi) is 6.54. The molecular weight excluding hydrogens is 444 g/mol. The van der Waals surface area contributed by atoms with E-state index in [0.29, 0.717) is 30.3 Å². The molecule has 1 saturated heterocycles. The fraction of sp³-hybridized carbons (Fsp3) is 0.458. The van der Waals surface area contributed by atoms with E-state index in [1.165, 1.54) is 17.5 Å². The Hall–Kier alpha value is -2.78. The molecule has 1 N–H and O–H groups in total. The number of methoxy groups -OCH3 is 1. The van der Waals surface area contributed by atoms with Crippen LogP contribution in [0.15, 0.2) is 41.3 Å². The second-order valence-corrected chi connectivity index (χ2v) is 10.9. The molecule has 2 aliphatic rings. The van der Waals surface area contributed by atoms with Gasteiger partial charge in [-0.05, 0) is 51.0 Å². The Balaban J connectivity index is 1.46. The number of hydrogen-bond donors (Lipinski definition) is 1. The van der Waals surface area contributed by atoms with Crippen molar-refractivity contribution in [3.63, 3.8) is 0 Å². The fourth-order valence-corrected chi connectivity index (χ4v) is 5.94. The van der Waals surface area contributed by atoms with Crippen molar-refractivity contribution in [3.05, 3.63) is 42.0 Å². The van der Waals surface area contributed by atoms with Gasteiger partial charge in [0.15, 0.2) is 18.1 Å². The molecule has 8 nitrogen and oxygen atoms in total. The molecule has 2 aromatic carbocycles. The lowest BCUT2D eigenvalue weighted by molar-refractivity contribution is -0.118. The number of anilines is 1. The quantitative estimate of drug-likeness (QED) is 0.659. The molecule has 4 rings (SSSR count). The summed E-state index contributed by atoms with van der Waals surface area (Å²) in [4.78, 5) is 12.6. The van der Waals surface area contributed by atoms with Crippen molar-refractivity contribution in [2.24, 2.45) is 0 Å². The summed E-state index contributed by atoms with van der Waals surface area (Å²) >= 11 is 0. The van der Waals surface area contributed by atoms with E-state index in [0.717, 1.165) is 31.2 Å². The summed E-state index contributed by atoms with van der Waals surface area (Å²) in [6.07, 6.45) is 3.46. The van der Waals surface area contributed by atoms with Crippen LogP contribution in [0.25, 0.3) is 0 Å². The summed E-state index contributed by atoms with van der Waals surface area (Å²) in [5.74, 6) is 1.01. The van der Waals surface area contributed by atoms with Gasteiger partial charge in [0.05, 0.1) is 7.11 Å². The smallest absolute Gasteiger partial charge is 0.262 e. The molecule has 178 valence electrons. The lowest BCUT2D eigenvalue weighted by Crippen LogP contribution is -2.35. The maximum atomic E-state index is 13.2. The highest BCUT2D eigenvalue weighted by atomic mass is 32.2. The molecule has 2 heterocycles. The van der Waals surface area contributed by atoms with Gasteiger partial charge in [0.2, 0.25) is 10.0 Å². The van der Waals surface area contributed by atoms with Crippen molar-refractivity contribution < 1.29 is 27.4 Å². The normalized spacial score (nSPS) is 17.7. The van der Waals surface area contributed by atoms with Crippen LogP contribution in [0.3, 0.4) is 0 Å². The number of sulfonamides is 1. The van der Waals surface area contributed by atoms with E-state index >= 15 is 0 Å². The number of piperidine rings is 1. The largest absolute Gasteiger partial charge is 0.495 e. The van der Waals surface area contributed by atoms with Crippen molar-refractivity contribution in [1.29, 1.82) is 0 Å². The number of rotatable bonds is 7. The molecule has 1 fully saturated rings. The highest BCUT2D eigenvalue weighted by Gasteiger charge is 2.32. The topological polar surface area (TPSA) is 94.2 Å². The first-order chi connectivity index (χ1) is 15.7. The number of fused-ring (bicyclic) bond motifs is 1. The molecule has 0 aliphatic carbocycles. The van der Waals surface area contributed by atoms with E-state index < -0.39 is 15.9 Å². The summed E-state index contributed by atoms with van der Waals surface area (Å²) in [6, 6.07) is 10.2. The van der Waals surface area contributed by atoms with E-state index in [-0.39, 0.29) is 22.9 Å². The van der Waals surface area contributed by atoms with Gasteiger partial charge in [-0.15, -0.1) is 0 Å². The third kappa shape index (κ3) is 5.09. The van der Waals surface area contributed by atoms with Crippen LogP contribution >= 0.6 is 0 Å². The van der Waals surface area contributed by atoms with Gasteiger partial charge in [0, 0.05) is 30.8 Å². The molecule has 0 aromatic heterocycles. The summed E-state index contributed by atoms with van der Waals surface area (Å²) in [5.41, 5.74) is 1.08. The number of nitrogens with one attached hydrogen (secondary N) is 1. The van der Waals surface area contributed by atoms with Crippen LogP contribution < -0.4 is 19.5 Å². The molecule has 1 amide bonds. The number of nitrogens with zero attached hydrogens (tertiary/aromatic N) is 1. The maximum absolute atomic E-state index is 13.2. The maximum Gasteiger partial charge on any atom is 0.262 e. The van der Waals surface area contributed by atoms with Crippen molar-refractivity contribution in [2.75, 3.05) is 32.1 Å². The molecule has 0 spiro atoms. The number of para-hydroxylation sites is 1. The predicted octanol–water partition coefficient (Wildman–Crippen LogP) is 3.60. The van der Waals surface area contributed by atoms with Crippen LogP contribution in [0.1, 0.15) is 38.7 Å². The number of carbonyl (C=O) groups is 1. The molecule has 2 aromatic rings. The van der Waals surface area contributed by atoms with Crippen molar-refractivity contribution in [1.82, 2.24) is 4.31 Å². The minimum absolute atomic E-state index is 0.0436. The van der Waals surface area contributed by atoms with Gasteiger partial charge in [-0.3, -0.25) is 4.79 Å². The van der Waals surface area contributed by atoms with E-state index in [2.05, 4.69) is 5.32 Å². The van der Waals surface area contributed by atoms with Gasteiger partial charge in [-0.1, -0.05) is 18.6 Å². The highest BCUT2D eigenvalue weighted by Crippen LogP contribution is 2.41. The summed E-state index contributed by atoms with van der Waals surface area (Å²) in [6.45, 7) is 4.73. The minimum Gasteiger partial charge on any atom is -0.495 e. The Bertz CT molecular complexity index is 1140. The molecule has 2 aliphatic heterocycles. The zero-order valence-corrected chi connectivity index (χ0v) is 20.0. The van der Waals surface area contributed by atoms with Crippen LogP contribution in [0.5, 0.6) is 17.2 Å². The molecule has 9 heteroatoms. The van der Waals surface area contributed by atoms with E-state index in [9.17, 15) is 13.2 Å². The SMILES string of the molecule is COc1ccc(NC(=O)COc2cccc3c2OC(C)(C)C3)cc1S(=O)(=O)N1CCCCC1. The Morgan fingerprint density at radius 1 is 1.12 bits per heavy atom. The summed E-state index contributed by atoms with van der Waals surface area (Å²) in [5, 5.41) is 2.72.